The fourth-order valence-corrected chi connectivity index (χ4v) is 12.1. The smallest absolute Gasteiger partial charge is 0.323 e. The van der Waals surface area contributed by atoms with Gasteiger partial charge in [-0.3, -0.25) is 67.5 Å². The van der Waals surface area contributed by atoms with Gasteiger partial charge in [0, 0.05) is 142 Å². The first-order valence-electron chi connectivity index (χ1n) is 30.3. The van der Waals surface area contributed by atoms with Crippen molar-refractivity contribution in [2.75, 3.05) is 117 Å². The summed E-state index contributed by atoms with van der Waals surface area (Å²) < 4.78 is 36.4. The topological polar surface area (TPSA) is 414 Å². The number of aromatic amines is 1. The predicted octanol–water partition coefficient (Wildman–Crippen LogP) is 0.342. The minimum absolute atomic E-state index is 0.00717. The van der Waals surface area contributed by atoms with Crippen molar-refractivity contribution >= 4 is 80.2 Å². The molecule has 2 aromatic carbocycles. The van der Waals surface area contributed by atoms with Crippen molar-refractivity contribution in [2.24, 2.45) is 0 Å². The first-order valence-corrected chi connectivity index (χ1v) is 31.8. The van der Waals surface area contributed by atoms with Gasteiger partial charge in [-0.2, -0.15) is 4.72 Å². The number of aromatic nitrogens is 3. The zero-order chi connectivity index (χ0) is 66.6. The van der Waals surface area contributed by atoms with E-state index < -0.39 is 75.7 Å². The molecule has 91 heavy (non-hydrogen) atoms. The summed E-state index contributed by atoms with van der Waals surface area (Å²) in [4.78, 5) is 140. The van der Waals surface area contributed by atoms with Crippen LogP contribution in [0.2, 0.25) is 0 Å². The van der Waals surface area contributed by atoms with Gasteiger partial charge in [0.05, 0.1) is 36.6 Å². The molecule has 500 valence electrons. The number of unbranched alkanes of at least 4 members (excludes halogenated alkanes) is 1. The van der Waals surface area contributed by atoms with Crippen LogP contribution in [0.1, 0.15) is 90.9 Å². The Kier molecular flexibility index (Phi) is 30.1. The number of carbonyl (C=O) groups is 9. The van der Waals surface area contributed by atoms with Crippen LogP contribution in [0.25, 0.3) is 10.9 Å². The van der Waals surface area contributed by atoms with Crippen LogP contribution in [0.3, 0.4) is 0 Å². The Morgan fingerprint density at radius 2 is 1.25 bits per heavy atom. The molecule has 2 atom stereocenters. The number of rotatable bonds is 37. The van der Waals surface area contributed by atoms with E-state index in [1.807, 2.05) is 0 Å². The maximum Gasteiger partial charge on any atom is 0.323 e. The second-order valence-corrected chi connectivity index (χ2v) is 24.1. The maximum atomic E-state index is 13.9. The summed E-state index contributed by atoms with van der Waals surface area (Å²) in [6.07, 6.45) is 6.80. The zero-order valence-electron chi connectivity index (χ0n) is 52.1. The number of hydrogen-bond acceptors (Lipinski definition) is 19. The first kappa shape index (κ1) is 73.5. The Morgan fingerprint density at radius 3 is 1.79 bits per heavy atom. The zero-order valence-corrected chi connectivity index (χ0v) is 52.9. The van der Waals surface area contributed by atoms with E-state index >= 15 is 0 Å². The summed E-state index contributed by atoms with van der Waals surface area (Å²) in [6, 6.07) is 5.76. The molecule has 4 aromatic rings. The largest absolute Gasteiger partial charge is 0.480 e. The highest BCUT2D eigenvalue weighted by Gasteiger charge is 2.30. The summed E-state index contributed by atoms with van der Waals surface area (Å²) in [6.45, 7) is 8.63. The molecule has 11 N–H and O–H groups in total. The fourth-order valence-electron chi connectivity index (χ4n) is 10.4. The molecular weight excluding hydrogens is 1210 g/mol. The van der Waals surface area contributed by atoms with Gasteiger partial charge in [0.15, 0.2) is 5.95 Å². The normalized spacial score (nSPS) is 14.7. The van der Waals surface area contributed by atoms with Crippen molar-refractivity contribution in [1.29, 1.82) is 0 Å². The van der Waals surface area contributed by atoms with Crippen LogP contribution in [-0.2, 0) is 66.2 Å². The molecule has 2 aromatic heterocycles. The van der Waals surface area contributed by atoms with Gasteiger partial charge in [-0.15, -0.1) is 0 Å². The molecule has 1 fully saturated rings. The SMILES string of the molecule is CCC(NC(=O)CN1CCN(CC(=O)O)CCN(CC(=O)O)CCN(CC(=O)O)CC1)C(=O)NCCCOCCCNC(=O)CCC(=O)CCCCn1cc(C(=O)NC[C@H](NS(=O)(=O)c2c(C)cc(C)cc2C)C(=O)O)c(=O)c2ccc(CNc3ncc[nH]3)cc21. The molecule has 5 rings (SSSR count). The van der Waals surface area contributed by atoms with Crippen molar-refractivity contribution in [1.82, 2.24) is 60.1 Å². The van der Waals surface area contributed by atoms with E-state index in [1.54, 1.807) is 94.6 Å². The van der Waals surface area contributed by atoms with E-state index in [9.17, 15) is 76.8 Å². The number of H-pyrrole nitrogens is 1. The van der Waals surface area contributed by atoms with Gasteiger partial charge >= 0.3 is 23.9 Å². The van der Waals surface area contributed by atoms with Crippen molar-refractivity contribution < 1.29 is 76.7 Å². The van der Waals surface area contributed by atoms with E-state index in [0.717, 1.165) is 11.1 Å². The predicted molar refractivity (Wildman–Crippen MR) is 334 cm³/mol. The van der Waals surface area contributed by atoms with Crippen molar-refractivity contribution in [3.8, 4) is 0 Å². The summed E-state index contributed by atoms with van der Waals surface area (Å²) >= 11 is 0. The highest BCUT2D eigenvalue weighted by molar-refractivity contribution is 7.89. The van der Waals surface area contributed by atoms with Crippen LogP contribution in [0, 0.1) is 20.8 Å². The second kappa shape index (κ2) is 37.2. The lowest BCUT2D eigenvalue weighted by atomic mass is 10.1. The summed E-state index contributed by atoms with van der Waals surface area (Å²) in [5.74, 6) is -6.46. The van der Waals surface area contributed by atoms with Crippen LogP contribution in [0.5, 0.6) is 0 Å². The Bertz CT molecular complexity index is 3270. The van der Waals surface area contributed by atoms with Crippen LogP contribution >= 0.6 is 0 Å². The summed E-state index contributed by atoms with van der Waals surface area (Å²) in [7, 11) is -4.36. The van der Waals surface area contributed by atoms with Gasteiger partial charge in [-0.25, -0.2) is 13.4 Å². The van der Waals surface area contributed by atoms with Gasteiger partial charge in [-0.1, -0.05) is 30.7 Å². The Hall–Kier alpha value is -8.20. The molecule has 0 saturated carbocycles. The van der Waals surface area contributed by atoms with Crippen molar-refractivity contribution in [2.45, 2.75) is 109 Å². The van der Waals surface area contributed by atoms with Crippen LogP contribution < -0.4 is 36.7 Å². The quantitative estimate of drug-likeness (QED) is 0.0271. The number of carboxylic acids is 4. The van der Waals surface area contributed by atoms with E-state index in [1.165, 1.54) is 6.20 Å². The number of amides is 4. The average molecular weight is 1290 g/mol. The van der Waals surface area contributed by atoms with Gasteiger partial charge in [0.2, 0.25) is 33.2 Å². The molecule has 3 heterocycles. The van der Waals surface area contributed by atoms with E-state index in [4.69, 9.17) is 4.74 Å². The monoisotopic (exact) mass is 1290 g/mol. The molecule has 30 nitrogen and oxygen atoms in total. The van der Waals surface area contributed by atoms with Crippen molar-refractivity contribution in [3.63, 3.8) is 0 Å². The standard InChI is InChI=1S/C60H87N13O17S/c1-5-47(67-51(76)36-69-20-22-70(37-52(77)78)24-26-72(39-54(81)82)27-25-71(23-21-69)38-53(79)80)58(85)62-16-9-29-90-28-8-15-61-50(75)14-12-44(74)10-6-7-19-73-35-46(55(83)45-13-11-43(32-49(45)73)33-66-60-63-17-18-64-60)57(84)65-34-48(59(86)87)68-91(88,89)56-41(3)30-40(2)31-42(56)4/h11,13,17-18,30-32,35,47-48,68H,5-10,12,14-16,19-29,33-34,36-39H2,1-4H3,(H,61,75)(H,62,85)(H,65,84)(H,67,76)(H,77,78)(H,79,80)(H,81,82)(H,86,87)(H2,63,64,66)/t47?,48-/m0/s1. The number of nitrogens with one attached hydrogen (secondary N) is 7. The Morgan fingerprint density at radius 1 is 0.681 bits per heavy atom. The number of pyridine rings is 1. The molecular formula is C60H87N13O17S. The minimum Gasteiger partial charge on any atom is -0.480 e. The number of ketones is 1. The van der Waals surface area contributed by atoms with E-state index in [0.29, 0.717) is 74.6 Å². The number of fused-ring (bicyclic) bond motifs is 1. The number of aryl methyl sites for hydroxylation is 4. The second-order valence-electron chi connectivity index (χ2n) is 22.4. The van der Waals surface area contributed by atoms with Crippen LogP contribution in [0.15, 0.2) is 58.6 Å². The van der Waals surface area contributed by atoms with Gasteiger partial charge in [-0.05, 0) is 81.7 Å². The number of carboxylic acid groups (broad SMARTS) is 4. The van der Waals surface area contributed by atoms with Crippen molar-refractivity contribution in [3.05, 3.63) is 87.0 Å². The number of imidazole rings is 1. The fraction of sp³-hybridized carbons (Fsp3) is 0.550. The van der Waals surface area contributed by atoms with Crippen LogP contribution in [-0.4, -0.2) is 240 Å². The molecule has 1 aliphatic heterocycles. The number of carbonyl (C=O) groups excluding carboxylic acids is 5. The minimum atomic E-state index is -4.36. The Labute approximate surface area is 527 Å². The maximum absolute atomic E-state index is 13.9. The third kappa shape index (κ3) is 25.5. The van der Waals surface area contributed by atoms with Crippen LogP contribution in [0.4, 0.5) is 5.95 Å². The summed E-state index contributed by atoms with van der Waals surface area (Å²) in [5.41, 5.74) is 1.96. The van der Waals surface area contributed by atoms with Gasteiger partial charge < -0.3 is 61.3 Å². The lowest BCUT2D eigenvalue weighted by Crippen LogP contribution is -2.52. The van der Waals surface area contributed by atoms with Gasteiger partial charge in [0.1, 0.15) is 23.4 Å². The molecule has 1 unspecified atom stereocenters. The molecule has 0 bridgehead atoms. The van der Waals surface area contributed by atoms with E-state index in [-0.39, 0.29) is 145 Å². The number of anilines is 1. The lowest BCUT2D eigenvalue weighted by molar-refractivity contribution is -0.140. The highest BCUT2D eigenvalue weighted by Crippen LogP contribution is 2.23. The number of sulfonamides is 1. The lowest BCUT2D eigenvalue weighted by Gasteiger charge is -2.33. The molecule has 31 heteroatoms. The average Bonchev–Trinajstić information content (AvgIpc) is 1.10. The molecule has 0 aliphatic carbocycles. The number of ether oxygens (including phenoxy) is 1. The number of aliphatic carboxylic acids is 4. The van der Waals surface area contributed by atoms with E-state index in [2.05, 4.69) is 41.3 Å². The molecule has 0 spiro atoms. The highest BCUT2D eigenvalue weighted by atomic mass is 32.2. The Balaban J connectivity index is 1.02. The molecule has 1 aliphatic rings. The molecule has 0 radical (unpaired) electrons. The third-order valence-electron chi connectivity index (χ3n) is 15.0. The number of hydrogen-bond donors (Lipinski definition) is 11. The number of benzene rings is 2. The molecule has 1 saturated heterocycles. The number of nitrogens with zero attached hydrogens (tertiary/aromatic N) is 6. The summed E-state index contributed by atoms with van der Waals surface area (Å²) in [5, 5.41) is 52.6. The third-order valence-corrected chi connectivity index (χ3v) is 16.8. The number of Topliss-reactive ketones (excluding diaryl/α,β-unsaturated/α-hetero) is 1. The molecule has 4 amide bonds. The van der Waals surface area contributed by atoms with Gasteiger partial charge in [0.25, 0.3) is 5.91 Å². The first-order chi connectivity index (χ1) is 43.3.